The lowest BCUT2D eigenvalue weighted by Crippen LogP contribution is -2.25. The van der Waals surface area contributed by atoms with Gasteiger partial charge in [0.15, 0.2) is 5.25 Å². The minimum atomic E-state index is -1.69. The van der Waals surface area contributed by atoms with Gasteiger partial charge in [0.2, 0.25) is 0 Å². The summed E-state index contributed by atoms with van der Waals surface area (Å²) in [6.07, 6.45) is 1.07. The molecular formula is C7H10O4S. The van der Waals surface area contributed by atoms with Crippen molar-refractivity contribution in [2.75, 3.05) is 5.75 Å². The first-order chi connectivity index (χ1) is 5.49. The van der Waals surface area contributed by atoms with E-state index in [1.165, 1.54) is 0 Å². The molecule has 2 N–H and O–H groups in total. The predicted molar refractivity (Wildman–Crippen MR) is 46.4 cm³/mol. The van der Waals surface area contributed by atoms with Crippen LogP contribution >= 0.6 is 0 Å². The van der Waals surface area contributed by atoms with E-state index in [2.05, 4.69) is 13.2 Å². The Balaban J connectivity index is 4.32. The van der Waals surface area contributed by atoms with Gasteiger partial charge in [0.25, 0.3) is 0 Å². The average molecular weight is 190 g/mol. The molecule has 0 aliphatic rings. The van der Waals surface area contributed by atoms with Crippen LogP contribution in [0.1, 0.15) is 0 Å². The van der Waals surface area contributed by atoms with E-state index in [1.807, 2.05) is 0 Å². The van der Waals surface area contributed by atoms with Crippen LogP contribution in [0.2, 0.25) is 0 Å². The van der Waals surface area contributed by atoms with E-state index in [9.17, 15) is 9.00 Å². The van der Waals surface area contributed by atoms with E-state index in [4.69, 9.17) is 10.2 Å². The first-order valence-corrected chi connectivity index (χ1v) is 4.46. The number of aliphatic carboxylic acids is 1. The molecule has 2 unspecified atom stereocenters. The van der Waals surface area contributed by atoms with Crippen molar-refractivity contribution in [2.45, 2.75) is 5.25 Å². The molecule has 0 aliphatic heterocycles. The Morgan fingerprint density at radius 1 is 1.58 bits per heavy atom. The molecule has 4 nitrogen and oxygen atoms in total. The van der Waals surface area contributed by atoms with Gasteiger partial charge in [0.05, 0.1) is 11.5 Å². The van der Waals surface area contributed by atoms with Gasteiger partial charge < -0.3 is 10.2 Å². The Kier molecular flexibility index (Phi) is 4.28. The van der Waals surface area contributed by atoms with Crippen LogP contribution in [0.25, 0.3) is 0 Å². The highest BCUT2D eigenvalue weighted by Crippen LogP contribution is 2.01. The third-order valence-corrected chi connectivity index (χ3v) is 2.63. The number of carboxylic acid groups (broad SMARTS) is 1. The van der Waals surface area contributed by atoms with E-state index in [0.717, 1.165) is 6.08 Å². The first-order valence-electron chi connectivity index (χ1n) is 3.08. The lowest BCUT2D eigenvalue weighted by molar-refractivity contribution is -0.135. The molecule has 2 atom stereocenters. The molecule has 0 radical (unpaired) electrons. The van der Waals surface area contributed by atoms with Crippen molar-refractivity contribution < 1.29 is 19.2 Å². The molecule has 68 valence electrons. The number of carbonyl (C=O) groups is 1. The van der Waals surface area contributed by atoms with E-state index < -0.39 is 22.0 Å². The van der Waals surface area contributed by atoms with Gasteiger partial charge in [-0.15, -0.1) is 6.58 Å². The predicted octanol–water partition coefficient (Wildman–Crippen LogP) is 0.446. The summed E-state index contributed by atoms with van der Waals surface area (Å²) in [6.45, 7) is 6.33. The second-order valence-corrected chi connectivity index (χ2v) is 3.64. The molecule has 0 bridgehead atoms. The third-order valence-electron chi connectivity index (χ3n) is 1.05. The van der Waals surface area contributed by atoms with Crippen molar-refractivity contribution >= 4 is 16.8 Å². The van der Waals surface area contributed by atoms with Gasteiger partial charge in [-0.1, -0.05) is 12.7 Å². The molecule has 5 heteroatoms. The van der Waals surface area contributed by atoms with Gasteiger partial charge >= 0.3 is 5.97 Å². The first kappa shape index (κ1) is 10.9. The van der Waals surface area contributed by atoms with Crippen LogP contribution in [0.15, 0.2) is 25.0 Å². The minimum absolute atomic E-state index is 0.233. The molecule has 0 amide bonds. The Labute approximate surface area is 72.7 Å². The van der Waals surface area contributed by atoms with Gasteiger partial charge in [-0.05, 0) is 0 Å². The highest BCUT2D eigenvalue weighted by molar-refractivity contribution is 7.86. The van der Waals surface area contributed by atoms with Gasteiger partial charge in [-0.25, -0.2) is 0 Å². The highest BCUT2D eigenvalue weighted by Gasteiger charge is 2.20. The van der Waals surface area contributed by atoms with E-state index in [1.54, 1.807) is 0 Å². The fraction of sp³-hybridized carbons (Fsp3) is 0.286. The average Bonchev–Trinajstić information content (AvgIpc) is 1.85. The monoisotopic (exact) mass is 190 g/mol. The van der Waals surface area contributed by atoms with Crippen molar-refractivity contribution in [3.63, 3.8) is 0 Å². The van der Waals surface area contributed by atoms with E-state index >= 15 is 0 Å². The Hall–Kier alpha value is -1.10. The zero-order chi connectivity index (χ0) is 9.72. The molecule has 0 aromatic heterocycles. The van der Waals surface area contributed by atoms with Crippen molar-refractivity contribution in [3.8, 4) is 0 Å². The number of rotatable bonds is 5. The molecule has 12 heavy (non-hydrogen) atoms. The second kappa shape index (κ2) is 4.71. The molecule has 0 aromatic carbocycles. The molecule has 0 aromatic rings. The third kappa shape index (κ3) is 3.34. The van der Waals surface area contributed by atoms with Crippen LogP contribution in [0, 0.1) is 0 Å². The molecule has 0 saturated carbocycles. The zero-order valence-electron chi connectivity index (χ0n) is 6.40. The zero-order valence-corrected chi connectivity index (χ0v) is 7.21. The number of aliphatic hydroxyl groups is 1. The number of hydrogen-bond donors (Lipinski definition) is 2. The van der Waals surface area contributed by atoms with Crippen LogP contribution in [-0.4, -0.2) is 31.4 Å². The van der Waals surface area contributed by atoms with Crippen LogP contribution in [0.3, 0.4) is 0 Å². The van der Waals surface area contributed by atoms with Crippen LogP contribution in [0.5, 0.6) is 0 Å². The largest absolute Gasteiger partial charge is 0.512 e. The van der Waals surface area contributed by atoms with Gasteiger partial charge in [-0.3, -0.25) is 9.00 Å². The van der Waals surface area contributed by atoms with Crippen molar-refractivity contribution in [1.82, 2.24) is 0 Å². The van der Waals surface area contributed by atoms with Crippen molar-refractivity contribution in [1.29, 1.82) is 0 Å². The summed E-state index contributed by atoms with van der Waals surface area (Å²) >= 11 is 0. The maximum absolute atomic E-state index is 11.1. The summed E-state index contributed by atoms with van der Waals surface area (Å²) in [4.78, 5) is 10.4. The molecule has 0 spiro atoms. The maximum atomic E-state index is 11.1. The van der Waals surface area contributed by atoms with Gasteiger partial charge in [0, 0.05) is 10.8 Å². The molecule has 0 saturated heterocycles. The molecular weight excluding hydrogens is 180 g/mol. The standard InChI is InChI=1S/C7H10O4S/c1-3-6(7(9)10)12(11)4-5(2)8/h3,6,8H,1-2,4H2,(H,9,10). The summed E-state index contributed by atoms with van der Waals surface area (Å²) in [5, 5.41) is 16.0. The SMILES string of the molecule is C=CC(C(=O)O)S(=O)CC(=C)O. The fourth-order valence-electron chi connectivity index (χ4n) is 0.575. The summed E-state index contributed by atoms with van der Waals surface area (Å²) in [5.74, 6) is -1.74. The molecule has 0 aliphatic carbocycles. The molecule has 0 heterocycles. The Morgan fingerprint density at radius 2 is 2.08 bits per heavy atom. The van der Waals surface area contributed by atoms with Crippen LogP contribution in [-0.2, 0) is 15.6 Å². The van der Waals surface area contributed by atoms with E-state index in [-0.39, 0.29) is 11.5 Å². The normalized spacial score (nSPS) is 14.7. The minimum Gasteiger partial charge on any atom is -0.512 e. The fourth-order valence-corrected chi connectivity index (χ4v) is 1.52. The lowest BCUT2D eigenvalue weighted by atomic mass is 10.4. The summed E-state index contributed by atoms with van der Waals surface area (Å²) in [6, 6.07) is 0. The second-order valence-electron chi connectivity index (χ2n) is 2.09. The van der Waals surface area contributed by atoms with Gasteiger partial charge in [-0.2, -0.15) is 0 Å². The molecule has 0 fully saturated rings. The topological polar surface area (TPSA) is 74.6 Å². The highest BCUT2D eigenvalue weighted by atomic mass is 32.2. The van der Waals surface area contributed by atoms with Gasteiger partial charge in [0.1, 0.15) is 0 Å². The number of carboxylic acids is 1. The molecule has 0 rings (SSSR count). The van der Waals surface area contributed by atoms with Crippen LogP contribution in [0.4, 0.5) is 0 Å². The quantitative estimate of drug-likeness (QED) is 0.487. The maximum Gasteiger partial charge on any atom is 0.323 e. The van der Waals surface area contributed by atoms with Crippen molar-refractivity contribution in [2.24, 2.45) is 0 Å². The number of hydrogen-bond acceptors (Lipinski definition) is 3. The van der Waals surface area contributed by atoms with Crippen LogP contribution < -0.4 is 0 Å². The lowest BCUT2D eigenvalue weighted by Gasteiger charge is -2.05. The summed E-state index contributed by atoms with van der Waals surface area (Å²) in [7, 11) is -1.69. The summed E-state index contributed by atoms with van der Waals surface area (Å²) in [5.41, 5.74) is 0. The Morgan fingerprint density at radius 3 is 2.33 bits per heavy atom. The summed E-state index contributed by atoms with van der Waals surface area (Å²) < 4.78 is 11.1. The van der Waals surface area contributed by atoms with E-state index in [0.29, 0.717) is 0 Å². The number of aliphatic hydroxyl groups excluding tert-OH is 1. The smallest absolute Gasteiger partial charge is 0.323 e. The Bertz CT molecular complexity index is 234. The van der Waals surface area contributed by atoms with Crippen molar-refractivity contribution in [3.05, 3.63) is 25.0 Å².